The number of fused-ring (bicyclic) bond motifs is 1. The number of hydrogen-bond acceptors (Lipinski definition) is 1. The third-order valence-electron chi connectivity index (χ3n) is 6.43. The van der Waals surface area contributed by atoms with Crippen LogP contribution in [0.15, 0.2) is 109 Å². The van der Waals surface area contributed by atoms with Crippen molar-refractivity contribution in [3.63, 3.8) is 0 Å². The molecule has 2 nitrogen and oxygen atoms in total. The fraction of sp³-hybridized carbons (Fsp3) is 0.167. The third-order valence-corrected chi connectivity index (χ3v) is 6.43. The molecule has 158 valence electrons. The van der Waals surface area contributed by atoms with Gasteiger partial charge in [0.25, 0.3) is 0 Å². The van der Waals surface area contributed by atoms with Gasteiger partial charge in [-0.15, -0.1) is 0 Å². The van der Waals surface area contributed by atoms with Gasteiger partial charge in [-0.05, 0) is 46.2 Å². The molecule has 0 unspecified atom stereocenters. The van der Waals surface area contributed by atoms with Gasteiger partial charge in [0.15, 0.2) is 0 Å². The molecule has 4 aromatic carbocycles. The van der Waals surface area contributed by atoms with Crippen LogP contribution in [0.4, 0.5) is 0 Å². The molecule has 2 heteroatoms. The van der Waals surface area contributed by atoms with Gasteiger partial charge in [-0.1, -0.05) is 109 Å². The van der Waals surface area contributed by atoms with E-state index in [4.69, 9.17) is 0 Å². The quantitative estimate of drug-likeness (QED) is 0.372. The van der Waals surface area contributed by atoms with E-state index in [1.165, 1.54) is 16.7 Å². The van der Waals surface area contributed by atoms with Crippen LogP contribution in [0.5, 0.6) is 0 Å². The van der Waals surface area contributed by atoms with E-state index in [-0.39, 0.29) is 11.9 Å². The zero-order chi connectivity index (χ0) is 21.8. The number of carbonyl (C=O) groups is 1. The van der Waals surface area contributed by atoms with Crippen LogP contribution in [-0.4, -0.2) is 16.8 Å². The summed E-state index contributed by atoms with van der Waals surface area (Å²) in [6.07, 6.45) is 2.26. The largest absolute Gasteiger partial charge is 0.334 e. The van der Waals surface area contributed by atoms with Crippen LogP contribution in [0.1, 0.15) is 22.3 Å². The van der Waals surface area contributed by atoms with Crippen LogP contribution in [-0.2, 0) is 30.6 Å². The molecule has 1 aliphatic carbocycles. The zero-order valence-corrected chi connectivity index (χ0v) is 18.2. The average molecular weight is 418 g/mol. The van der Waals surface area contributed by atoms with Crippen LogP contribution in [0.2, 0.25) is 0 Å². The molecular weight excluding hydrogens is 390 g/mol. The number of rotatable bonds is 6. The first-order chi connectivity index (χ1) is 15.8. The summed E-state index contributed by atoms with van der Waals surface area (Å²) in [6.45, 7) is 0.645. The molecule has 0 spiro atoms. The van der Waals surface area contributed by atoms with Gasteiger partial charge >= 0.3 is 0 Å². The molecule has 0 fully saturated rings. The van der Waals surface area contributed by atoms with Crippen molar-refractivity contribution in [3.05, 3.63) is 131 Å². The lowest BCUT2D eigenvalue weighted by molar-refractivity contribution is -0.133. The SMILES string of the molecule is O=C(Cc1ccccc1-c1ccccc1)N(Cc1ccccc1)C1Cc2ccccc2C1. The predicted molar refractivity (Wildman–Crippen MR) is 130 cm³/mol. The van der Waals surface area contributed by atoms with Crippen molar-refractivity contribution in [2.24, 2.45) is 0 Å². The lowest BCUT2D eigenvalue weighted by atomic mass is 9.97. The molecule has 0 saturated carbocycles. The fourth-order valence-corrected chi connectivity index (χ4v) is 4.80. The molecule has 0 aliphatic heterocycles. The molecular formula is C30H27NO. The Morgan fingerprint density at radius 3 is 1.94 bits per heavy atom. The van der Waals surface area contributed by atoms with E-state index in [1.54, 1.807) is 0 Å². The Balaban J connectivity index is 1.43. The van der Waals surface area contributed by atoms with E-state index in [9.17, 15) is 4.79 Å². The van der Waals surface area contributed by atoms with E-state index in [1.807, 2.05) is 48.5 Å². The maximum absolute atomic E-state index is 13.8. The highest BCUT2D eigenvalue weighted by Crippen LogP contribution is 2.29. The Bertz CT molecular complexity index is 1170. The molecule has 1 aliphatic rings. The molecule has 0 N–H and O–H groups in total. The van der Waals surface area contributed by atoms with E-state index >= 15 is 0 Å². The Morgan fingerprint density at radius 2 is 1.25 bits per heavy atom. The second-order valence-corrected chi connectivity index (χ2v) is 8.54. The van der Waals surface area contributed by atoms with E-state index in [2.05, 4.69) is 65.6 Å². The summed E-state index contributed by atoms with van der Waals surface area (Å²) in [6, 6.07) is 37.8. The minimum absolute atomic E-state index is 0.190. The first kappa shape index (κ1) is 20.3. The molecule has 0 aromatic heterocycles. The molecule has 4 aromatic rings. The van der Waals surface area contributed by atoms with Gasteiger partial charge in [0.05, 0.1) is 6.42 Å². The summed E-state index contributed by atoms with van der Waals surface area (Å²) in [5, 5.41) is 0. The zero-order valence-electron chi connectivity index (χ0n) is 18.2. The lowest BCUT2D eigenvalue weighted by Gasteiger charge is -2.30. The number of benzene rings is 4. The average Bonchev–Trinajstić information content (AvgIpc) is 3.28. The summed E-state index contributed by atoms with van der Waals surface area (Å²) in [7, 11) is 0. The van der Waals surface area contributed by atoms with Gasteiger partial charge in [0.1, 0.15) is 0 Å². The van der Waals surface area contributed by atoms with Crippen molar-refractivity contribution >= 4 is 5.91 Å². The Labute approximate surface area is 190 Å². The van der Waals surface area contributed by atoms with Gasteiger partial charge in [-0.3, -0.25) is 4.79 Å². The topological polar surface area (TPSA) is 20.3 Å². The van der Waals surface area contributed by atoms with Crippen LogP contribution in [0.3, 0.4) is 0 Å². The molecule has 5 rings (SSSR count). The van der Waals surface area contributed by atoms with Crippen molar-refractivity contribution in [2.75, 3.05) is 0 Å². The molecule has 0 saturated heterocycles. The van der Waals surface area contributed by atoms with E-state index in [0.29, 0.717) is 13.0 Å². The van der Waals surface area contributed by atoms with E-state index < -0.39 is 0 Å². The molecule has 0 bridgehead atoms. The van der Waals surface area contributed by atoms with Crippen LogP contribution < -0.4 is 0 Å². The summed E-state index contributed by atoms with van der Waals surface area (Å²) in [5.74, 6) is 0.190. The van der Waals surface area contributed by atoms with Crippen LogP contribution in [0.25, 0.3) is 11.1 Å². The number of hydrogen-bond donors (Lipinski definition) is 0. The van der Waals surface area contributed by atoms with Gasteiger partial charge < -0.3 is 4.90 Å². The Morgan fingerprint density at radius 1 is 0.688 bits per heavy atom. The first-order valence-corrected chi connectivity index (χ1v) is 11.3. The third kappa shape index (κ3) is 4.36. The Hall–Kier alpha value is -3.65. The summed E-state index contributed by atoms with van der Waals surface area (Å²) in [4.78, 5) is 15.9. The highest BCUT2D eigenvalue weighted by Gasteiger charge is 2.30. The minimum atomic E-state index is 0.190. The maximum Gasteiger partial charge on any atom is 0.227 e. The normalized spacial score (nSPS) is 13.0. The van der Waals surface area contributed by atoms with Gasteiger partial charge in [0.2, 0.25) is 5.91 Å². The first-order valence-electron chi connectivity index (χ1n) is 11.3. The standard InChI is InChI=1S/C30H27NO/c32-30(21-27-17-9-10-18-29(27)24-13-5-2-6-14-24)31(22-23-11-3-1-4-12-23)28-19-25-15-7-8-16-26(25)20-28/h1-18,28H,19-22H2. The van der Waals surface area contributed by atoms with Crippen molar-refractivity contribution in [2.45, 2.75) is 31.8 Å². The minimum Gasteiger partial charge on any atom is -0.334 e. The van der Waals surface area contributed by atoms with Gasteiger partial charge in [0, 0.05) is 12.6 Å². The summed E-state index contributed by atoms with van der Waals surface area (Å²) < 4.78 is 0. The lowest BCUT2D eigenvalue weighted by Crippen LogP contribution is -2.41. The second kappa shape index (κ2) is 9.23. The highest BCUT2D eigenvalue weighted by molar-refractivity contribution is 5.82. The van der Waals surface area contributed by atoms with Crippen molar-refractivity contribution < 1.29 is 4.79 Å². The number of amides is 1. The highest BCUT2D eigenvalue weighted by atomic mass is 16.2. The molecule has 32 heavy (non-hydrogen) atoms. The summed E-state index contributed by atoms with van der Waals surface area (Å²) >= 11 is 0. The number of carbonyl (C=O) groups excluding carboxylic acids is 1. The summed E-state index contributed by atoms with van der Waals surface area (Å²) in [5.41, 5.74) is 7.28. The second-order valence-electron chi connectivity index (χ2n) is 8.54. The van der Waals surface area contributed by atoms with Crippen LogP contribution >= 0.6 is 0 Å². The van der Waals surface area contributed by atoms with Crippen molar-refractivity contribution in [3.8, 4) is 11.1 Å². The molecule has 0 radical (unpaired) electrons. The predicted octanol–water partition coefficient (Wildman–Crippen LogP) is 6.09. The van der Waals surface area contributed by atoms with E-state index in [0.717, 1.165) is 29.5 Å². The van der Waals surface area contributed by atoms with Crippen molar-refractivity contribution in [1.82, 2.24) is 4.90 Å². The van der Waals surface area contributed by atoms with Gasteiger partial charge in [-0.25, -0.2) is 0 Å². The molecule has 0 atom stereocenters. The fourth-order valence-electron chi connectivity index (χ4n) is 4.80. The van der Waals surface area contributed by atoms with Gasteiger partial charge in [-0.2, -0.15) is 0 Å². The smallest absolute Gasteiger partial charge is 0.227 e. The maximum atomic E-state index is 13.8. The van der Waals surface area contributed by atoms with Crippen molar-refractivity contribution in [1.29, 1.82) is 0 Å². The number of nitrogens with zero attached hydrogens (tertiary/aromatic N) is 1. The molecule has 0 heterocycles. The van der Waals surface area contributed by atoms with Crippen LogP contribution in [0, 0.1) is 0 Å². The monoisotopic (exact) mass is 417 g/mol. The molecule has 1 amide bonds. The Kier molecular flexibility index (Phi) is 5.85.